The molecule has 1 rings (SSSR count). The number of aliphatic hydroxyl groups excluding tert-OH is 1. The highest BCUT2D eigenvalue weighted by Gasteiger charge is 2.19. The van der Waals surface area contributed by atoms with Gasteiger partial charge in [-0.25, -0.2) is 15.8 Å². The van der Waals surface area contributed by atoms with Crippen molar-refractivity contribution in [3.05, 3.63) is 11.9 Å². The average Bonchev–Trinajstić information content (AvgIpc) is 2.35. The van der Waals surface area contributed by atoms with Crippen LogP contribution in [0.15, 0.2) is 6.33 Å². The number of nitrogens with one attached hydrogen (secondary N) is 1. The summed E-state index contributed by atoms with van der Waals surface area (Å²) in [5.74, 6) is 7.12. The largest absolute Gasteiger partial charge is 0.394 e. The lowest BCUT2D eigenvalue weighted by Crippen LogP contribution is -2.34. The molecular weight excluding hydrogens is 218 g/mol. The highest BCUT2D eigenvalue weighted by molar-refractivity contribution is 5.59. The summed E-state index contributed by atoms with van der Waals surface area (Å²) in [4.78, 5) is 10.3. The molecule has 17 heavy (non-hydrogen) atoms. The quantitative estimate of drug-likeness (QED) is 0.518. The van der Waals surface area contributed by atoms with Crippen molar-refractivity contribution in [3.8, 4) is 0 Å². The van der Waals surface area contributed by atoms with E-state index in [2.05, 4.69) is 29.2 Å². The van der Waals surface area contributed by atoms with E-state index in [4.69, 9.17) is 5.84 Å². The second-order valence-electron chi connectivity index (χ2n) is 4.40. The Morgan fingerprint density at radius 2 is 2.06 bits per heavy atom. The summed E-state index contributed by atoms with van der Waals surface area (Å²) in [5.41, 5.74) is 3.55. The zero-order valence-corrected chi connectivity index (χ0v) is 10.8. The summed E-state index contributed by atoms with van der Waals surface area (Å²) < 4.78 is 0. The van der Waals surface area contributed by atoms with Crippen LogP contribution in [0.3, 0.4) is 0 Å². The fourth-order valence-electron chi connectivity index (χ4n) is 1.65. The molecule has 4 N–H and O–H groups in total. The van der Waals surface area contributed by atoms with Crippen molar-refractivity contribution in [2.75, 3.05) is 24.0 Å². The van der Waals surface area contributed by atoms with Gasteiger partial charge in [-0.3, -0.25) is 0 Å². The average molecular weight is 239 g/mol. The van der Waals surface area contributed by atoms with Gasteiger partial charge in [-0.1, -0.05) is 13.8 Å². The van der Waals surface area contributed by atoms with Crippen LogP contribution in [0, 0.1) is 0 Å². The minimum Gasteiger partial charge on any atom is -0.394 e. The predicted molar refractivity (Wildman–Crippen MR) is 68.9 cm³/mol. The molecular formula is C11H21N5O. The van der Waals surface area contributed by atoms with Gasteiger partial charge in [0.05, 0.1) is 12.6 Å². The lowest BCUT2D eigenvalue weighted by molar-refractivity contribution is 0.269. The Morgan fingerprint density at radius 1 is 1.41 bits per heavy atom. The number of likely N-dealkylation sites (N-methyl/N-ethyl adjacent to an activating group) is 1. The number of hydrogen-bond donors (Lipinski definition) is 3. The van der Waals surface area contributed by atoms with Crippen molar-refractivity contribution in [2.24, 2.45) is 5.84 Å². The van der Waals surface area contributed by atoms with Gasteiger partial charge in [-0.05, 0) is 12.8 Å². The molecule has 0 aliphatic heterocycles. The molecule has 0 aromatic carbocycles. The third kappa shape index (κ3) is 2.83. The Hall–Kier alpha value is -1.40. The molecule has 0 amide bonds. The molecule has 1 unspecified atom stereocenters. The smallest absolute Gasteiger partial charge is 0.148 e. The molecule has 0 saturated heterocycles. The standard InChI is InChI=1S/C11H21N5O/c1-7(2)9-10(15-12)13-6-14-11(9)16(4)8(3)5-17/h6-8,17H,5,12H2,1-4H3,(H,13,14,15). The second-order valence-corrected chi connectivity index (χ2v) is 4.40. The fraction of sp³-hybridized carbons (Fsp3) is 0.636. The minimum absolute atomic E-state index is 0.00646. The highest BCUT2D eigenvalue weighted by Crippen LogP contribution is 2.30. The molecule has 1 aromatic heterocycles. The van der Waals surface area contributed by atoms with Crippen molar-refractivity contribution in [1.82, 2.24) is 9.97 Å². The number of aliphatic hydroxyl groups is 1. The van der Waals surface area contributed by atoms with E-state index in [0.717, 1.165) is 11.4 Å². The number of hydrazine groups is 1. The summed E-state index contributed by atoms with van der Waals surface area (Å²) in [5, 5.41) is 9.20. The van der Waals surface area contributed by atoms with E-state index < -0.39 is 0 Å². The molecule has 0 spiro atoms. The first kappa shape index (κ1) is 13.7. The molecule has 6 heteroatoms. The summed E-state index contributed by atoms with van der Waals surface area (Å²) in [6.07, 6.45) is 1.47. The maximum atomic E-state index is 9.20. The molecule has 1 atom stereocenters. The summed E-state index contributed by atoms with van der Waals surface area (Å²) in [6.45, 7) is 6.12. The maximum absolute atomic E-state index is 9.20. The van der Waals surface area contributed by atoms with Gasteiger partial charge in [0, 0.05) is 12.6 Å². The zero-order chi connectivity index (χ0) is 13.0. The van der Waals surface area contributed by atoms with Crippen molar-refractivity contribution in [2.45, 2.75) is 32.7 Å². The van der Waals surface area contributed by atoms with Gasteiger partial charge in [0.25, 0.3) is 0 Å². The van der Waals surface area contributed by atoms with E-state index in [1.54, 1.807) is 0 Å². The zero-order valence-electron chi connectivity index (χ0n) is 10.8. The number of rotatable bonds is 5. The first-order valence-electron chi connectivity index (χ1n) is 5.68. The van der Waals surface area contributed by atoms with Gasteiger partial charge in [0.15, 0.2) is 0 Å². The normalized spacial score (nSPS) is 12.6. The van der Waals surface area contributed by atoms with Crippen LogP contribution in [0.4, 0.5) is 11.6 Å². The van der Waals surface area contributed by atoms with Crippen molar-refractivity contribution in [3.63, 3.8) is 0 Å². The number of anilines is 2. The van der Waals surface area contributed by atoms with E-state index in [0.29, 0.717) is 5.82 Å². The minimum atomic E-state index is -0.00646. The topological polar surface area (TPSA) is 87.3 Å². The monoisotopic (exact) mass is 239 g/mol. The molecule has 0 aliphatic rings. The van der Waals surface area contributed by atoms with Crippen LogP contribution in [-0.4, -0.2) is 34.8 Å². The van der Waals surface area contributed by atoms with Crippen LogP contribution < -0.4 is 16.2 Å². The molecule has 1 aromatic rings. The highest BCUT2D eigenvalue weighted by atomic mass is 16.3. The first-order chi connectivity index (χ1) is 8.02. The summed E-state index contributed by atoms with van der Waals surface area (Å²) in [6, 6.07) is -0.00646. The van der Waals surface area contributed by atoms with Gasteiger partial charge in [-0.15, -0.1) is 0 Å². The van der Waals surface area contributed by atoms with E-state index in [1.165, 1.54) is 6.33 Å². The molecule has 0 radical (unpaired) electrons. The Bertz CT molecular complexity index is 369. The number of nitrogens with zero attached hydrogens (tertiary/aromatic N) is 3. The van der Waals surface area contributed by atoms with Crippen molar-refractivity contribution in [1.29, 1.82) is 0 Å². The number of hydrogen-bond acceptors (Lipinski definition) is 6. The fourth-order valence-corrected chi connectivity index (χ4v) is 1.65. The molecule has 0 fully saturated rings. The van der Waals surface area contributed by atoms with E-state index >= 15 is 0 Å². The lowest BCUT2D eigenvalue weighted by atomic mass is 10.0. The number of aromatic nitrogens is 2. The van der Waals surface area contributed by atoms with Gasteiger partial charge in [-0.2, -0.15) is 0 Å². The molecule has 0 bridgehead atoms. The van der Waals surface area contributed by atoms with E-state index in [1.807, 2.05) is 18.9 Å². The van der Waals surface area contributed by atoms with Crippen LogP contribution in [0.1, 0.15) is 32.3 Å². The van der Waals surface area contributed by atoms with Gasteiger partial charge < -0.3 is 15.4 Å². The Labute approximate surface area is 102 Å². The Morgan fingerprint density at radius 3 is 2.53 bits per heavy atom. The van der Waals surface area contributed by atoms with E-state index in [-0.39, 0.29) is 18.6 Å². The first-order valence-corrected chi connectivity index (χ1v) is 5.68. The van der Waals surface area contributed by atoms with Crippen molar-refractivity contribution < 1.29 is 5.11 Å². The van der Waals surface area contributed by atoms with Crippen LogP contribution in [0.25, 0.3) is 0 Å². The number of nitrogens with two attached hydrogens (primary N) is 1. The predicted octanol–water partition coefficient (Wildman–Crippen LogP) is 0.703. The van der Waals surface area contributed by atoms with Gasteiger partial charge >= 0.3 is 0 Å². The molecule has 1 heterocycles. The van der Waals surface area contributed by atoms with Crippen LogP contribution in [-0.2, 0) is 0 Å². The SMILES string of the molecule is CC(C)c1c(NN)ncnc1N(C)C(C)CO. The third-order valence-corrected chi connectivity index (χ3v) is 2.84. The Kier molecular flexibility index (Phi) is 4.65. The number of nitrogen functional groups attached to an aromatic ring is 1. The second kappa shape index (κ2) is 5.79. The van der Waals surface area contributed by atoms with Gasteiger partial charge in [0.1, 0.15) is 18.0 Å². The third-order valence-electron chi connectivity index (χ3n) is 2.84. The van der Waals surface area contributed by atoms with Crippen LogP contribution in [0.2, 0.25) is 0 Å². The maximum Gasteiger partial charge on any atom is 0.148 e. The van der Waals surface area contributed by atoms with Crippen LogP contribution >= 0.6 is 0 Å². The molecule has 6 nitrogen and oxygen atoms in total. The Balaban J connectivity index is 3.22. The van der Waals surface area contributed by atoms with Gasteiger partial charge in [0.2, 0.25) is 0 Å². The van der Waals surface area contributed by atoms with Crippen molar-refractivity contribution >= 4 is 11.6 Å². The molecule has 0 saturated carbocycles. The molecule has 96 valence electrons. The summed E-state index contributed by atoms with van der Waals surface area (Å²) in [7, 11) is 1.90. The summed E-state index contributed by atoms with van der Waals surface area (Å²) >= 11 is 0. The lowest BCUT2D eigenvalue weighted by Gasteiger charge is -2.28. The van der Waals surface area contributed by atoms with E-state index in [9.17, 15) is 5.11 Å². The molecule has 0 aliphatic carbocycles. The van der Waals surface area contributed by atoms with Crippen LogP contribution in [0.5, 0.6) is 0 Å².